The molecule has 0 bridgehead atoms. The second-order valence-corrected chi connectivity index (χ2v) is 7.77. The Bertz CT molecular complexity index is 859. The molecule has 0 unspecified atom stereocenters. The number of anilines is 2. The highest BCUT2D eigenvalue weighted by Gasteiger charge is 2.35. The molecule has 1 aromatic heterocycles. The number of para-hydroxylation sites is 2. The van der Waals surface area contributed by atoms with Gasteiger partial charge in [-0.15, -0.1) is 0 Å². The molecule has 6 nitrogen and oxygen atoms in total. The van der Waals surface area contributed by atoms with E-state index in [-0.39, 0.29) is 23.9 Å². The summed E-state index contributed by atoms with van der Waals surface area (Å²) in [6.45, 7) is 6.27. The number of fused-ring (bicyclic) bond motifs is 1. The number of rotatable bonds is 2. The molecule has 4 rings (SSSR count). The van der Waals surface area contributed by atoms with Crippen LogP contribution in [0.3, 0.4) is 0 Å². The van der Waals surface area contributed by atoms with Crippen molar-refractivity contribution in [3.05, 3.63) is 41.7 Å². The van der Waals surface area contributed by atoms with Crippen molar-refractivity contribution in [3.63, 3.8) is 0 Å². The van der Waals surface area contributed by atoms with Gasteiger partial charge < -0.3 is 5.32 Å². The first-order valence-electron chi connectivity index (χ1n) is 8.66. The molecule has 0 radical (unpaired) electrons. The smallest absolute Gasteiger partial charge is 0.279 e. The second-order valence-electron chi connectivity index (χ2n) is 7.77. The molecule has 1 fully saturated rings. The van der Waals surface area contributed by atoms with Gasteiger partial charge in [0, 0.05) is 11.6 Å². The Balaban J connectivity index is 1.74. The molecule has 1 N–H and O–H groups in total. The predicted molar refractivity (Wildman–Crippen MR) is 95.9 cm³/mol. The Morgan fingerprint density at radius 2 is 1.96 bits per heavy atom. The number of amides is 2. The Hall–Kier alpha value is -2.63. The average molecular weight is 338 g/mol. The highest BCUT2D eigenvalue weighted by Crippen LogP contribution is 2.42. The van der Waals surface area contributed by atoms with Gasteiger partial charge >= 0.3 is 0 Å². The minimum absolute atomic E-state index is 0.0109. The summed E-state index contributed by atoms with van der Waals surface area (Å²) in [5.74, 6) is 0.0714. The van der Waals surface area contributed by atoms with E-state index in [1.807, 2.05) is 28.9 Å². The number of aromatic nitrogens is 2. The van der Waals surface area contributed by atoms with Crippen molar-refractivity contribution >= 4 is 23.2 Å². The molecule has 0 saturated heterocycles. The van der Waals surface area contributed by atoms with Gasteiger partial charge in [0.25, 0.3) is 5.91 Å². The molecule has 2 heterocycles. The summed E-state index contributed by atoms with van der Waals surface area (Å²) in [6.07, 6.45) is 2.29. The van der Waals surface area contributed by atoms with Crippen LogP contribution >= 0.6 is 0 Å². The summed E-state index contributed by atoms with van der Waals surface area (Å²) in [5, 5.41) is 7.42. The van der Waals surface area contributed by atoms with E-state index in [1.165, 1.54) is 4.90 Å². The molecule has 2 aliphatic rings. The van der Waals surface area contributed by atoms with Gasteiger partial charge in [-0.25, -0.2) is 0 Å². The van der Waals surface area contributed by atoms with E-state index in [9.17, 15) is 9.59 Å². The van der Waals surface area contributed by atoms with Gasteiger partial charge in [-0.1, -0.05) is 12.1 Å². The van der Waals surface area contributed by atoms with Crippen LogP contribution in [-0.2, 0) is 10.3 Å². The maximum absolute atomic E-state index is 13.1. The zero-order valence-electron chi connectivity index (χ0n) is 14.7. The first-order chi connectivity index (χ1) is 11.8. The van der Waals surface area contributed by atoms with E-state index in [4.69, 9.17) is 0 Å². The number of carbonyl (C=O) groups is 2. The first kappa shape index (κ1) is 15.9. The van der Waals surface area contributed by atoms with Crippen molar-refractivity contribution in [2.45, 2.75) is 45.1 Å². The summed E-state index contributed by atoms with van der Waals surface area (Å²) < 4.78 is 1.97. The average Bonchev–Trinajstić information content (AvgIpc) is 3.30. The molecule has 6 heteroatoms. The van der Waals surface area contributed by atoms with E-state index in [0.717, 1.165) is 18.5 Å². The SMILES string of the molecule is CC(C)(C)n1nc(C(=O)N2CC(=O)Nc3ccccc32)cc1C1CC1. The van der Waals surface area contributed by atoms with Crippen molar-refractivity contribution < 1.29 is 9.59 Å². The van der Waals surface area contributed by atoms with E-state index >= 15 is 0 Å². The van der Waals surface area contributed by atoms with Crippen molar-refractivity contribution in [3.8, 4) is 0 Å². The van der Waals surface area contributed by atoms with Crippen molar-refractivity contribution in [2.75, 3.05) is 16.8 Å². The van der Waals surface area contributed by atoms with E-state index in [1.54, 1.807) is 6.07 Å². The van der Waals surface area contributed by atoms with Crippen LogP contribution in [0.25, 0.3) is 0 Å². The summed E-state index contributed by atoms with van der Waals surface area (Å²) in [5.41, 5.74) is 2.70. The van der Waals surface area contributed by atoms with Crippen LogP contribution in [0.1, 0.15) is 55.7 Å². The monoisotopic (exact) mass is 338 g/mol. The third-order valence-corrected chi connectivity index (χ3v) is 4.60. The summed E-state index contributed by atoms with van der Waals surface area (Å²) in [4.78, 5) is 26.6. The summed E-state index contributed by atoms with van der Waals surface area (Å²) in [6, 6.07) is 9.25. The van der Waals surface area contributed by atoms with Gasteiger partial charge in [-0.05, 0) is 51.8 Å². The highest BCUT2D eigenvalue weighted by atomic mass is 16.2. The van der Waals surface area contributed by atoms with Crippen molar-refractivity contribution in [1.82, 2.24) is 9.78 Å². The van der Waals surface area contributed by atoms with Crippen LogP contribution in [0.5, 0.6) is 0 Å². The molecule has 1 saturated carbocycles. The fourth-order valence-electron chi connectivity index (χ4n) is 3.26. The minimum Gasteiger partial charge on any atom is -0.323 e. The zero-order chi connectivity index (χ0) is 17.8. The lowest BCUT2D eigenvalue weighted by Gasteiger charge is -2.28. The molecule has 130 valence electrons. The molecular weight excluding hydrogens is 316 g/mol. The van der Waals surface area contributed by atoms with Crippen molar-refractivity contribution in [2.24, 2.45) is 0 Å². The van der Waals surface area contributed by atoms with Gasteiger partial charge in [-0.3, -0.25) is 19.2 Å². The van der Waals surface area contributed by atoms with Crippen molar-refractivity contribution in [1.29, 1.82) is 0 Å². The number of hydrogen-bond acceptors (Lipinski definition) is 3. The van der Waals surface area contributed by atoms with E-state index in [0.29, 0.717) is 23.0 Å². The molecule has 2 aromatic rings. The van der Waals surface area contributed by atoms with Crippen LogP contribution in [0.15, 0.2) is 30.3 Å². The predicted octanol–water partition coefficient (Wildman–Crippen LogP) is 3.11. The highest BCUT2D eigenvalue weighted by molar-refractivity contribution is 6.14. The normalized spacial score (nSPS) is 17.2. The van der Waals surface area contributed by atoms with Gasteiger partial charge in [0.1, 0.15) is 6.54 Å². The fraction of sp³-hybridized carbons (Fsp3) is 0.421. The zero-order valence-corrected chi connectivity index (χ0v) is 14.7. The lowest BCUT2D eigenvalue weighted by Crippen LogP contribution is -2.42. The Morgan fingerprint density at radius 3 is 2.64 bits per heavy atom. The van der Waals surface area contributed by atoms with Gasteiger partial charge in [0.15, 0.2) is 5.69 Å². The first-order valence-corrected chi connectivity index (χ1v) is 8.66. The van der Waals surface area contributed by atoms with Crippen LogP contribution in [0, 0.1) is 0 Å². The standard InChI is InChI=1S/C19H22N4O2/c1-19(2,3)23-16(12-8-9-12)10-14(21-23)18(25)22-11-17(24)20-13-6-4-5-7-15(13)22/h4-7,10,12H,8-9,11H2,1-3H3,(H,20,24). The molecule has 0 atom stereocenters. The quantitative estimate of drug-likeness (QED) is 0.915. The maximum atomic E-state index is 13.1. The number of nitrogens with one attached hydrogen (secondary N) is 1. The van der Waals surface area contributed by atoms with Crippen LogP contribution in [-0.4, -0.2) is 28.1 Å². The Morgan fingerprint density at radius 1 is 1.24 bits per heavy atom. The summed E-state index contributed by atoms with van der Waals surface area (Å²) >= 11 is 0. The van der Waals surface area contributed by atoms with E-state index in [2.05, 4.69) is 31.2 Å². The van der Waals surface area contributed by atoms with Gasteiger partial charge in [0.2, 0.25) is 5.91 Å². The number of hydrogen-bond donors (Lipinski definition) is 1. The topological polar surface area (TPSA) is 67.2 Å². The molecule has 0 spiro atoms. The lowest BCUT2D eigenvalue weighted by molar-refractivity contribution is -0.115. The number of benzene rings is 1. The largest absolute Gasteiger partial charge is 0.323 e. The molecule has 1 aliphatic heterocycles. The minimum atomic E-state index is -0.229. The third-order valence-electron chi connectivity index (χ3n) is 4.60. The maximum Gasteiger partial charge on any atom is 0.279 e. The van der Waals surface area contributed by atoms with Crippen LogP contribution in [0.4, 0.5) is 11.4 Å². The summed E-state index contributed by atoms with van der Waals surface area (Å²) in [7, 11) is 0. The second kappa shape index (κ2) is 5.44. The molecular formula is C19H22N4O2. The fourth-order valence-corrected chi connectivity index (χ4v) is 3.26. The lowest BCUT2D eigenvalue weighted by atomic mass is 10.1. The van der Waals surface area contributed by atoms with E-state index < -0.39 is 0 Å². The Kier molecular flexibility index (Phi) is 3.45. The van der Waals surface area contributed by atoms with Gasteiger partial charge in [0.05, 0.1) is 16.9 Å². The van der Waals surface area contributed by atoms with Crippen LogP contribution < -0.4 is 10.2 Å². The number of nitrogens with zero attached hydrogens (tertiary/aromatic N) is 3. The molecule has 2 amide bonds. The van der Waals surface area contributed by atoms with Crippen LogP contribution in [0.2, 0.25) is 0 Å². The third kappa shape index (κ3) is 2.81. The van der Waals surface area contributed by atoms with Gasteiger partial charge in [-0.2, -0.15) is 5.10 Å². The Labute approximate surface area is 146 Å². The molecule has 1 aromatic carbocycles. The molecule has 25 heavy (non-hydrogen) atoms. The number of carbonyl (C=O) groups excluding carboxylic acids is 2. The molecule has 1 aliphatic carbocycles.